The largest absolute Gasteiger partial charge is 0.478 e. The molecule has 1 aromatic rings. The van der Waals surface area contributed by atoms with E-state index >= 15 is 0 Å². The lowest BCUT2D eigenvalue weighted by molar-refractivity contribution is -0.117. The highest BCUT2D eigenvalue weighted by molar-refractivity contribution is 7.89. The number of benzene rings is 1. The molecule has 2 rings (SSSR count). The third-order valence-electron chi connectivity index (χ3n) is 3.04. The quantitative estimate of drug-likeness (QED) is 0.809. The van der Waals surface area contributed by atoms with Crippen LogP contribution in [-0.2, 0) is 14.8 Å². The van der Waals surface area contributed by atoms with Crippen LogP contribution in [0.3, 0.4) is 0 Å². The maximum Gasteiger partial charge on any atom is 0.335 e. The number of anilines is 1. The lowest BCUT2D eigenvalue weighted by Crippen LogP contribution is -2.32. The standard InChI is InChI=1S/C11H11FN2O5S/c12-8-3-6(11(16)17)1-2-9(8)14-5-7(4-10(14)15)20(13,18)19/h1-3,7H,4-5H2,(H,16,17)(H2,13,18,19). The summed E-state index contributed by atoms with van der Waals surface area (Å²) in [7, 11) is -3.89. The van der Waals surface area contributed by atoms with Gasteiger partial charge in [-0.2, -0.15) is 0 Å². The van der Waals surface area contributed by atoms with Crippen molar-refractivity contribution < 1.29 is 27.5 Å². The van der Waals surface area contributed by atoms with Crippen LogP contribution < -0.4 is 10.0 Å². The number of hydrogen-bond donors (Lipinski definition) is 2. The van der Waals surface area contributed by atoms with Gasteiger partial charge in [-0.15, -0.1) is 0 Å². The van der Waals surface area contributed by atoms with Crippen molar-refractivity contribution in [1.29, 1.82) is 0 Å². The van der Waals surface area contributed by atoms with Gasteiger partial charge in [-0.05, 0) is 18.2 Å². The number of carboxylic acid groups (broad SMARTS) is 1. The Hall–Kier alpha value is -2.00. The molecule has 0 saturated carbocycles. The van der Waals surface area contributed by atoms with Crippen molar-refractivity contribution in [2.24, 2.45) is 5.14 Å². The second-order valence-electron chi connectivity index (χ2n) is 4.39. The number of amides is 1. The van der Waals surface area contributed by atoms with Crippen LogP contribution in [0.4, 0.5) is 10.1 Å². The topological polar surface area (TPSA) is 118 Å². The molecule has 0 aliphatic carbocycles. The van der Waals surface area contributed by atoms with E-state index in [9.17, 15) is 22.4 Å². The summed E-state index contributed by atoms with van der Waals surface area (Å²) < 4.78 is 36.2. The molecule has 7 nitrogen and oxygen atoms in total. The number of carboxylic acids is 1. The average molecular weight is 302 g/mol. The van der Waals surface area contributed by atoms with Crippen molar-refractivity contribution in [1.82, 2.24) is 0 Å². The minimum Gasteiger partial charge on any atom is -0.478 e. The fourth-order valence-electron chi connectivity index (χ4n) is 1.99. The van der Waals surface area contributed by atoms with E-state index in [1.165, 1.54) is 0 Å². The molecule has 1 heterocycles. The Morgan fingerprint density at radius 1 is 1.45 bits per heavy atom. The number of hydrogen-bond acceptors (Lipinski definition) is 4. The highest BCUT2D eigenvalue weighted by atomic mass is 32.2. The molecule has 0 radical (unpaired) electrons. The molecule has 1 atom stereocenters. The number of primary sulfonamides is 1. The van der Waals surface area contributed by atoms with Crippen LogP contribution in [0.15, 0.2) is 18.2 Å². The molecule has 1 aromatic carbocycles. The molecule has 0 aromatic heterocycles. The first kappa shape index (κ1) is 14.4. The molecule has 1 unspecified atom stereocenters. The molecule has 1 amide bonds. The van der Waals surface area contributed by atoms with Crippen LogP contribution in [0.1, 0.15) is 16.8 Å². The predicted octanol–water partition coefficient (Wildman–Crippen LogP) is -0.0823. The third kappa shape index (κ3) is 2.63. The van der Waals surface area contributed by atoms with Gasteiger partial charge in [0, 0.05) is 13.0 Å². The fourth-order valence-corrected chi connectivity index (χ4v) is 2.72. The van der Waals surface area contributed by atoms with Crippen molar-refractivity contribution in [3.63, 3.8) is 0 Å². The number of nitrogens with two attached hydrogens (primary N) is 1. The molecule has 9 heteroatoms. The molecular formula is C11H11FN2O5S. The monoisotopic (exact) mass is 302 g/mol. The SMILES string of the molecule is NS(=O)(=O)C1CC(=O)N(c2ccc(C(=O)O)cc2F)C1. The highest BCUT2D eigenvalue weighted by Crippen LogP contribution is 2.27. The summed E-state index contributed by atoms with van der Waals surface area (Å²) in [6.07, 6.45) is -0.320. The number of rotatable bonds is 3. The van der Waals surface area contributed by atoms with Crippen molar-refractivity contribution in [3.05, 3.63) is 29.6 Å². The first-order valence-corrected chi connectivity index (χ1v) is 7.16. The summed E-state index contributed by atoms with van der Waals surface area (Å²) in [5.41, 5.74) is -0.424. The van der Waals surface area contributed by atoms with Gasteiger partial charge in [0.2, 0.25) is 15.9 Å². The molecule has 0 spiro atoms. The summed E-state index contributed by atoms with van der Waals surface area (Å²) in [5, 5.41) is 12.6. The van der Waals surface area contributed by atoms with E-state index in [2.05, 4.69) is 0 Å². The van der Waals surface area contributed by atoms with Gasteiger partial charge >= 0.3 is 5.97 Å². The van der Waals surface area contributed by atoms with E-state index in [0.717, 1.165) is 23.1 Å². The molecule has 20 heavy (non-hydrogen) atoms. The summed E-state index contributed by atoms with van der Waals surface area (Å²) in [6.45, 7) is -0.249. The summed E-state index contributed by atoms with van der Waals surface area (Å²) in [6, 6.07) is 3.04. The van der Waals surface area contributed by atoms with Crippen LogP contribution in [0.5, 0.6) is 0 Å². The van der Waals surface area contributed by atoms with Gasteiger partial charge in [0.1, 0.15) is 11.1 Å². The third-order valence-corrected chi connectivity index (χ3v) is 4.28. The lowest BCUT2D eigenvalue weighted by atomic mass is 10.2. The molecule has 1 aliphatic rings. The van der Waals surface area contributed by atoms with Gasteiger partial charge in [0.25, 0.3) is 0 Å². The lowest BCUT2D eigenvalue weighted by Gasteiger charge is -2.17. The van der Waals surface area contributed by atoms with Crippen molar-refractivity contribution in [2.45, 2.75) is 11.7 Å². The summed E-state index contributed by atoms with van der Waals surface area (Å²) >= 11 is 0. The Balaban J connectivity index is 2.33. The zero-order valence-corrected chi connectivity index (χ0v) is 10.9. The van der Waals surface area contributed by atoms with Crippen LogP contribution in [-0.4, -0.2) is 37.2 Å². The van der Waals surface area contributed by atoms with Gasteiger partial charge < -0.3 is 10.0 Å². The number of halogens is 1. The normalized spacial score (nSPS) is 19.4. The predicted molar refractivity (Wildman–Crippen MR) is 67.2 cm³/mol. The van der Waals surface area contributed by atoms with Gasteiger partial charge in [0.15, 0.2) is 0 Å². The first-order valence-electron chi connectivity index (χ1n) is 5.55. The maximum atomic E-state index is 13.8. The van der Waals surface area contributed by atoms with E-state index in [-0.39, 0.29) is 24.2 Å². The number of carbonyl (C=O) groups excluding carboxylic acids is 1. The van der Waals surface area contributed by atoms with Gasteiger partial charge in [-0.1, -0.05) is 0 Å². The molecule has 108 valence electrons. The van der Waals surface area contributed by atoms with Crippen LogP contribution in [0.2, 0.25) is 0 Å². The van der Waals surface area contributed by atoms with E-state index in [1.54, 1.807) is 0 Å². The second kappa shape index (κ2) is 4.84. The Bertz CT molecular complexity index is 688. The Labute approximate surface area is 113 Å². The van der Waals surface area contributed by atoms with E-state index in [0.29, 0.717) is 0 Å². The minimum absolute atomic E-state index is 0.161. The number of sulfonamides is 1. The fraction of sp³-hybridized carbons (Fsp3) is 0.273. The summed E-state index contributed by atoms with van der Waals surface area (Å²) in [5.74, 6) is -2.79. The summed E-state index contributed by atoms with van der Waals surface area (Å²) in [4.78, 5) is 23.4. The Morgan fingerprint density at radius 3 is 2.55 bits per heavy atom. The number of aromatic carboxylic acids is 1. The van der Waals surface area contributed by atoms with Crippen molar-refractivity contribution in [2.75, 3.05) is 11.4 Å². The molecule has 1 saturated heterocycles. The second-order valence-corrected chi connectivity index (χ2v) is 6.24. The highest BCUT2D eigenvalue weighted by Gasteiger charge is 2.38. The van der Waals surface area contributed by atoms with Gasteiger partial charge in [-0.3, -0.25) is 4.79 Å². The van der Waals surface area contributed by atoms with Crippen LogP contribution in [0.25, 0.3) is 0 Å². The first-order chi connectivity index (χ1) is 9.20. The van der Waals surface area contributed by atoms with E-state index in [1.807, 2.05) is 0 Å². The molecular weight excluding hydrogens is 291 g/mol. The van der Waals surface area contributed by atoms with Gasteiger partial charge in [0.05, 0.1) is 11.3 Å². The van der Waals surface area contributed by atoms with Crippen molar-refractivity contribution in [3.8, 4) is 0 Å². The molecule has 3 N–H and O–H groups in total. The van der Waals surface area contributed by atoms with Gasteiger partial charge in [-0.25, -0.2) is 22.7 Å². The smallest absolute Gasteiger partial charge is 0.335 e. The molecule has 0 bridgehead atoms. The van der Waals surface area contributed by atoms with Crippen molar-refractivity contribution >= 4 is 27.6 Å². The Kier molecular flexibility index (Phi) is 3.48. The number of nitrogens with zero attached hydrogens (tertiary/aromatic N) is 1. The number of carbonyl (C=O) groups is 2. The van der Waals surface area contributed by atoms with E-state index in [4.69, 9.17) is 10.2 Å². The zero-order valence-electron chi connectivity index (χ0n) is 10.1. The molecule has 1 fully saturated rings. The van der Waals surface area contributed by atoms with Crippen LogP contribution in [0, 0.1) is 5.82 Å². The minimum atomic E-state index is -3.89. The molecule has 1 aliphatic heterocycles. The van der Waals surface area contributed by atoms with Crippen LogP contribution >= 0.6 is 0 Å². The Morgan fingerprint density at radius 2 is 2.10 bits per heavy atom. The van der Waals surface area contributed by atoms with E-state index < -0.39 is 33.0 Å². The maximum absolute atomic E-state index is 13.8. The average Bonchev–Trinajstić information content (AvgIpc) is 2.71. The zero-order chi connectivity index (χ0) is 15.1.